The zero-order chi connectivity index (χ0) is 12.3. The minimum atomic E-state index is -0.157. The third-order valence-corrected chi connectivity index (χ3v) is 4.08. The molecule has 0 aromatic heterocycles. The van der Waals surface area contributed by atoms with E-state index in [4.69, 9.17) is 10.5 Å². The number of hydrogen-bond acceptors (Lipinski definition) is 3. The van der Waals surface area contributed by atoms with Gasteiger partial charge in [0.1, 0.15) is 0 Å². The van der Waals surface area contributed by atoms with Crippen molar-refractivity contribution in [2.45, 2.75) is 57.0 Å². The van der Waals surface area contributed by atoms with Gasteiger partial charge in [0.2, 0.25) is 5.91 Å². The van der Waals surface area contributed by atoms with Crippen molar-refractivity contribution in [3.05, 3.63) is 0 Å². The van der Waals surface area contributed by atoms with Crippen LogP contribution in [-0.4, -0.2) is 30.7 Å². The molecule has 18 heavy (non-hydrogen) atoms. The van der Waals surface area contributed by atoms with Gasteiger partial charge >= 0.3 is 0 Å². The zero-order valence-electron chi connectivity index (χ0n) is 11.1. The highest BCUT2D eigenvalue weighted by atomic mass is 35.5. The molecule has 0 bridgehead atoms. The third kappa shape index (κ3) is 4.11. The van der Waals surface area contributed by atoms with Crippen LogP contribution in [0.3, 0.4) is 0 Å². The lowest BCUT2D eigenvalue weighted by molar-refractivity contribution is -0.124. The lowest BCUT2D eigenvalue weighted by Crippen LogP contribution is -2.48. The predicted molar refractivity (Wildman–Crippen MR) is 73.8 cm³/mol. The molecule has 1 heterocycles. The van der Waals surface area contributed by atoms with Crippen LogP contribution in [0, 0.1) is 5.92 Å². The van der Waals surface area contributed by atoms with Gasteiger partial charge < -0.3 is 15.8 Å². The van der Waals surface area contributed by atoms with Gasteiger partial charge in [-0.05, 0) is 32.1 Å². The molecule has 1 aliphatic carbocycles. The Bertz CT molecular complexity index is 280. The summed E-state index contributed by atoms with van der Waals surface area (Å²) in [7, 11) is 0. The zero-order valence-corrected chi connectivity index (χ0v) is 11.9. The van der Waals surface area contributed by atoms with Crippen molar-refractivity contribution in [3.63, 3.8) is 0 Å². The molecule has 1 saturated carbocycles. The third-order valence-electron chi connectivity index (χ3n) is 4.08. The van der Waals surface area contributed by atoms with Gasteiger partial charge in [-0.2, -0.15) is 0 Å². The Morgan fingerprint density at radius 3 is 2.78 bits per heavy atom. The highest BCUT2D eigenvalue weighted by Gasteiger charge is 2.32. The molecule has 1 amide bonds. The van der Waals surface area contributed by atoms with Gasteiger partial charge in [0.25, 0.3) is 0 Å². The first-order valence-corrected chi connectivity index (χ1v) is 6.73. The highest BCUT2D eigenvalue weighted by molar-refractivity contribution is 5.85. The normalized spacial score (nSPS) is 35.9. The summed E-state index contributed by atoms with van der Waals surface area (Å²) in [5.41, 5.74) is 5.91. The predicted octanol–water partition coefficient (Wildman–Crippen LogP) is 1.61. The summed E-state index contributed by atoms with van der Waals surface area (Å²) in [6, 6.07) is 0.210. The average Bonchev–Trinajstić information content (AvgIpc) is 2.68. The molecule has 0 aromatic rings. The van der Waals surface area contributed by atoms with Crippen LogP contribution in [0.1, 0.15) is 45.4 Å². The maximum Gasteiger partial charge on any atom is 0.220 e. The van der Waals surface area contributed by atoms with Gasteiger partial charge in [-0.1, -0.05) is 12.8 Å². The van der Waals surface area contributed by atoms with E-state index in [9.17, 15) is 4.79 Å². The van der Waals surface area contributed by atoms with Crippen LogP contribution in [0.4, 0.5) is 0 Å². The fourth-order valence-corrected chi connectivity index (χ4v) is 2.88. The van der Waals surface area contributed by atoms with Crippen molar-refractivity contribution in [2.24, 2.45) is 11.7 Å². The number of hydrogen-bond donors (Lipinski definition) is 2. The topological polar surface area (TPSA) is 64.4 Å². The number of nitrogens with one attached hydrogen (secondary N) is 1. The first-order valence-electron chi connectivity index (χ1n) is 6.73. The Hall–Kier alpha value is -0.320. The maximum absolute atomic E-state index is 12.0. The van der Waals surface area contributed by atoms with E-state index in [0.717, 1.165) is 25.9 Å². The van der Waals surface area contributed by atoms with E-state index in [-0.39, 0.29) is 29.9 Å². The molecule has 4 nitrogen and oxygen atoms in total. The average molecular weight is 277 g/mol. The minimum Gasteiger partial charge on any atom is -0.379 e. The Labute approximate surface area is 115 Å². The standard InChI is InChI=1S/C13H24N2O2.ClH/c1-13(6-7-17-9-13)15-12(16)8-10-4-2-3-5-11(10)14;/h10-11H,2-9,14H2,1H3,(H,15,16);1H. The van der Waals surface area contributed by atoms with E-state index in [1.807, 2.05) is 0 Å². The number of carbonyl (C=O) groups is 1. The summed E-state index contributed by atoms with van der Waals surface area (Å²) in [4.78, 5) is 12.0. The monoisotopic (exact) mass is 276 g/mol. The molecule has 2 aliphatic rings. The van der Waals surface area contributed by atoms with Crippen LogP contribution in [0.25, 0.3) is 0 Å². The van der Waals surface area contributed by atoms with E-state index in [1.54, 1.807) is 0 Å². The fraction of sp³-hybridized carbons (Fsp3) is 0.923. The van der Waals surface area contributed by atoms with Gasteiger partial charge in [0, 0.05) is 19.1 Å². The molecular weight excluding hydrogens is 252 g/mol. The summed E-state index contributed by atoms with van der Waals surface area (Å²) in [5, 5.41) is 3.10. The summed E-state index contributed by atoms with van der Waals surface area (Å²) < 4.78 is 5.33. The van der Waals surface area contributed by atoms with Crippen molar-refractivity contribution >= 4 is 18.3 Å². The molecule has 3 atom stereocenters. The van der Waals surface area contributed by atoms with Gasteiger partial charge in [-0.25, -0.2) is 0 Å². The van der Waals surface area contributed by atoms with Crippen LogP contribution < -0.4 is 11.1 Å². The lowest BCUT2D eigenvalue weighted by Gasteiger charge is -2.30. The van der Waals surface area contributed by atoms with Gasteiger partial charge in [0.05, 0.1) is 12.1 Å². The molecule has 0 radical (unpaired) electrons. The molecule has 3 N–H and O–H groups in total. The molecule has 3 unspecified atom stereocenters. The van der Waals surface area contributed by atoms with E-state index >= 15 is 0 Å². The van der Waals surface area contributed by atoms with Crippen LogP contribution in [0.2, 0.25) is 0 Å². The van der Waals surface area contributed by atoms with E-state index in [2.05, 4.69) is 12.2 Å². The van der Waals surface area contributed by atoms with Crippen molar-refractivity contribution in [1.29, 1.82) is 0 Å². The molecule has 5 heteroatoms. The van der Waals surface area contributed by atoms with Gasteiger partial charge in [-0.15, -0.1) is 12.4 Å². The van der Waals surface area contributed by atoms with Gasteiger partial charge in [-0.3, -0.25) is 4.79 Å². The lowest BCUT2D eigenvalue weighted by atomic mass is 9.82. The Kier molecular flexibility index (Phi) is 5.89. The molecule has 1 aliphatic heterocycles. The van der Waals surface area contributed by atoms with E-state index in [1.165, 1.54) is 12.8 Å². The number of nitrogens with two attached hydrogens (primary N) is 1. The van der Waals surface area contributed by atoms with Crippen LogP contribution in [0.15, 0.2) is 0 Å². The fourth-order valence-electron chi connectivity index (χ4n) is 2.88. The van der Waals surface area contributed by atoms with Crippen LogP contribution in [0.5, 0.6) is 0 Å². The van der Waals surface area contributed by atoms with Crippen LogP contribution >= 0.6 is 12.4 Å². The van der Waals surface area contributed by atoms with Gasteiger partial charge in [0.15, 0.2) is 0 Å². The second kappa shape index (κ2) is 6.73. The number of rotatable bonds is 3. The molecule has 1 saturated heterocycles. The van der Waals surface area contributed by atoms with Crippen molar-refractivity contribution in [2.75, 3.05) is 13.2 Å². The Morgan fingerprint density at radius 1 is 1.44 bits per heavy atom. The van der Waals surface area contributed by atoms with Crippen LogP contribution in [-0.2, 0) is 9.53 Å². The van der Waals surface area contributed by atoms with Crippen molar-refractivity contribution in [3.8, 4) is 0 Å². The smallest absolute Gasteiger partial charge is 0.220 e. The highest BCUT2D eigenvalue weighted by Crippen LogP contribution is 2.26. The Morgan fingerprint density at radius 2 is 2.17 bits per heavy atom. The molecular formula is C13H25ClN2O2. The summed E-state index contributed by atoms with van der Waals surface area (Å²) in [6.07, 6.45) is 6.09. The number of halogens is 1. The first kappa shape index (κ1) is 15.7. The molecule has 106 valence electrons. The molecule has 2 fully saturated rings. The largest absolute Gasteiger partial charge is 0.379 e. The molecule has 0 aromatic carbocycles. The summed E-state index contributed by atoms with van der Waals surface area (Å²) in [5.74, 6) is 0.509. The number of amides is 1. The summed E-state index contributed by atoms with van der Waals surface area (Å²) in [6.45, 7) is 3.44. The van der Waals surface area contributed by atoms with Crippen molar-refractivity contribution in [1.82, 2.24) is 5.32 Å². The number of carbonyl (C=O) groups excluding carboxylic acids is 1. The minimum absolute atomic E-state index is 0. The van der Waals surface area contributed by atoms with Crippen molar-refractivity contribution < 1.29 is 9.53 Å². The number of ether oxygens (including phenoxy) is 1. The molecule has 2 rings (SSSR count). The SMILES string of the molecule is CC1(NC(=O)CC2CCCCC2N)CCOC1.Cl. The Balaban J connectivity index is 0.00000162. The second-order valence-corrected chi connectivity index (χ2v) is 5.82. The second-order valence-electron chi connectivity index (χ2n) is 5.82. The molecule has 0 spiro atoms. The maximum atomic E-state index is 12.0. The van der Waals surface area contributed by atoms with E-state index < -0.39 is 0 Å². The first-order chi connectivity index (χ1) is 8.09. The summed E-state index contributed by atoms with van der Waals surface area (Å²) >= 11 is 0. The quantitative estimate of drug-likeness (QED) is 0.823. The van der Waals surface area contributed by atoms with E-state index in [0.29, 0.717) is 18.9 Å².